The molecule has 0 aliphatic carbocycles. The van der Waals surface area contributed by atoms with E-state index in [1.807, 2.05) is 24.0 Å². The van der Waals surface area contributed by atoms with Crippen molar-refractivity contribution in [1.82, 2.24) is 10.2 Å². The molecule has 3 nitrogen and oxygen atoms in total. The van der Waals surface area contributed by atoms with Gasteiger partial charge in [-0.2, -0.15) is 0 Å². The Hall–Kier alpha value is -1.06. The first kappa shape index (κ1) is 16.3. The number of hydrogen-bond acceptors (Lipinski definition) is 2. The second-order valence-corrected chi connectivity index (χ2v) is 6.54. The van der Waals surface area contributed by atoms with Crippen LogP contribution in [0.5, 0.6) is 0 Å². The van der Waals surface area contributed by atoms with Gasteiger partial charge in [-0.3, -0.25) is 4.79 Å². The number of hydrogen-bond donors (Lipinski definition) is 1. The van der Waals surface area contributed by atoms with Gasteiger partial charge in [0.15, 0.2) is 0 Å². The van der Waals surface area contributed by atoms with E-state index >= 15 is 0 Å². The molecule has 1 amide bonds. The van der Waals surface area contributed by atoms with E-state index in [-0.39, 0.29) is 18.3 Å². The molecule has 2 heterocycles. The number of nitrogens with one attached hydrogen (secondary N) is 1. The number of benzene rings is 1. The summed E-state index contributed by atoms with van der Waals surface area (Å²) >= 11 is 0. The molecular weight excluding hydrogens is 284 g/mol. The molecule has 3 rings (SSSR count). The van der Waals surface area contributed by atoms with Crippen LogP contribution in [0.2, 0.25) is 0 Å². The van der Waals surface area contributed by atoms with E-state index in [1.54, 1.807) is 0 Å². The predicted molar refractivity (Wildman–Crippen MR) is 88.2 cm³/mol. The third-order valence-corrected chi connectivity index (χ3v) is 5.06. The van der Waals surface area contributed by atoms with Crippen molar-refractivity contribution in [2.75, 3.05) is 26.2 Å². The fourth-order valence-corrected chi connectivity index (χ4v) is 3.63. The van der Waals surface area contributed by atoms with Gasteiger partial charge in [-0.25, -0.2) is 0 Å². The Kier molecular flexibility index (Phi) is 4.95. The van der Waals surface area contributed by atoms with E-state index in [1.165, 1.54) is 12.0 Å². The highest BCUT2D eigenvalue weighted by Crippen LogP contribution is 2.37. The monoisotopic (exact) mass is 308 g/mol. The third-order valence-electron chi connectivity index (χ3n) is 5.06. The molecule has 0 aromatic heterocycles. The van der Waals surface area contributed by atoms with Gasteiger partial charge in [-0.1, -0.05) is 17.7 Å². The maximum absolute atomic E-state index is 12.6. The number of carbonyl (C=O) groups excluding carboxylic acids is 1. The fraction of sp³-hybridized carbons (Fsp3) is 0.588. The average Bonchev–Trinajstić information content (AvgIpc) is 2.87. The average molecular weight is 309 g/mol. The standard InChI is InChI=1S/C17H24N2O.ClH/c1-13-3-4-15(14(2)11-13)16(20)19-9-6-17(7-10-19)5-8-18-12-17;/h3-4,11,18H,5-10,12H2,1-2H3;1H. The summed E-state index contributed by atoms with van der Waals surface area (Å²) in [6, 6.07) is 6.11. The molecule has 1 spiro atoms. The molecule has 1 aromatic rings. The van der Waals surface area contributed by atoms with Crippen LogP contribution >= 0.6 is 12.4 Å². The highest BCUT2D eigenvalue weighted by atomic mass is 35.5. The summed E-state index contributed by atoms with van der Waals surface area (Å²) in [4.78, 5) is 14.7. The molecule has 116 valence electrons. The summed E-state index contributed by atoms with van der Waals surface area (Å²) in [6.07, 6.45) is 3.58. The zero-order valence-electron chi connectivity index (χ0n) is 12.9. The van der Waals surface area contributed by atoms with Crippen molar-refractivity contribution in [3.8, 4) is 0 Å². The number of rotatable bonds is 1. The first-order valence-electron chi connectivity index (χ1n) is 7.67. The Morgan fingerprint density at radius 1 is 1.19 bits per heavy atom. The van der Waals surface area contributed by atoms with Crippen molar-refractivity contribution in [2.24, 2.45) is 5.41 Å². The lowest BCUT2D eigenvalue weighted by Crippen LogP contribution is -2.44. The lowest BCUT2D eigenvalue weighted by Gasteiger charge is -2.39. The van der Waals surface area contributed by atoms with E-state index in [2.05, 4.69) is 18.3 Å². The fourth-order valence-electron chi connectivity index (χ4n) is 3.63. The van der Waals surface area contributed by atoms with Crippen LogP contribution in [0.4, 0.5) is 0 Å². The van der Waals surface area contributed by atoms with E-state index in [4.69, 9.17) is 0 Å². The summed E-state index contributed by atoms with van der Waals surface area (Å²) in [6.45, 7) is 8.21. The quantitative estimate of drug-likeness (QED) is 0.865. The number of amides is 1. The van der Waals surface area contributed by atoms with Crippen LogP contribution in [0.25, 0.3) is 0 Å². The number of halogens is 1. The molecule has 0 bridgehead atoms. The third kappa shape index (κ3) is 3.24. The van der Waals surface area contributed by atoms with Crippen LogP contribution in [0.15, 0.2) is 18.2 Å². The first-order valence-corrected chi connectivity index (χ1v) is 7.67. The molecule has 1 aromatic carbocycles. The summed E-state index contributed by atoms with van der Waals surface area (Å²) in [5.74, 6) is 0.211. The molecule has 1 N–H and O–H groups in total. The lowest BCUT2D eigenvalue weighted by molar-refractivity contribution is 0.0607. The predicted octanol–water partition coefficient (Wildman–Crippen LogP) is 2.94. The molecule has 0 atom stereocenters. The summed E-state index contributed by atoms with van der Waals surface area (Å²) in [5, 5.41) is 3.47. The molecule has 0 unspecified atom stereocenters. The van der Waals surface area contributed by atoms with Gasteiger partial charge in [0.2, 0.25) is 0 Å². The van der Waals surface area contributed by atoms with Crippen molar-refractivity contribution >= 4 is 18.3 Å². The topological polar surface area (TPSA) is 32.3 Å². The Morgan fingerprint density at radius 3 is 2.48 bits per heavy atom. The molecule has 2 saturated heterocycles. The van der Waals surface area contributed by atoms with Gasteiger partial charge in [0.1, 0.15) is 0 Å². The van der Waals surface area contributed by atoms with Gasteiger partial charge in [0.05, 0.1) is 0 Å². The lowest BCUT2D eigenvalue weighted by atomic mass is 9.77. The molecule has 21 heavy (non-hydrogen) atoms. The van der Waals surface area contributed by atoms with Gasteiger partial charge >= 0.3 is 0 Å². The number of nitrogens with zero attached hydrogens (tertiary/aromatic N) is 1. The normalized spacial score (nSPS) is 20.4. The number of carbonyl (C=O) groups is 1. The van der Waals surface area contributed by atoms with Crippen LogP contribution in [0.1, 0.15) is 40.7 Å². The van der Waals surface area contributed by atoms with E-state index < -0.39 is 0 Å². The molecule has 0 saturated carbocycles. The van der Waals surface area contributed by atoms with Crippen molar-refractivity contribution in [2.45, 2.75) is 33.1 Å². The van der Waals surface area contributed by atoms with E-state index in [9.17, 15) is 4.79 Å². The minimum Gasteiger partial charge on any atom is -0.339 e. The largest absolute Gasteiger partial charge is 0.339 e. The molecule has 4 heteroatoms. The van der Waals surface area contributed by atoms with Gasteiger partial charge in [-0.15, -0.1) is 12.4 Å². The Labute approximate surface area is 133 Å². The second-order valence-electron chi connectivity index (χ2n) is 6.54. The maximum Gasteiger partial charge on any atom is 0.254 e. The smallest absolute Gasteiger partial charge is 0.254 e. The van der Waals surface area contributed by atoms with Crippen LogP contribution in [-0.2, 0) is 0 Å². The minimum atomic E-state index is 0. The van der Waals surface area contributed by atoms with Crippen molar-refractivity contribution in [1.29, 1.82) is 0 Å². The highest BCUT2D eigenvalue weighted by Gasteiger charge is 2.38. The van der Waals surface area contributed by atoms with Crippen LogP contribution in [0.3, 0.4) is 0 Å². The molecule has 0 radical (unpaired) electrons. The molecule has 2 aliphatic heterocycles. The number of aryl methyl sites for hydroxylation is 2. The molecular formula is C17H25ClN2O. The van der Waals surface area contributed by atoms with Crippen LogP contribution < -0.4 is 5.32 Å². The zero-order chi connectivity index (χ0) is 14.2. The van der Waals surface area contributed by atoms with E-state index in [0.717, 1.165) is 50.1 Å². The first-order chi connectivity index (χ1) is 9.60. The SMILES string of the molecule is Cc1ccc(C(=O)N2CCC3(CCNC3)CC2)c(C)c1.Cl. The minimum absolute atomic E-state index is 0. The van der Waals surface area contributed by atoms with Crippen molar-refractivity contribution in [3.05, 3.63) is 34.9 Å². The van der Waals surface area contributed by atoms with Crippen LogP contribution in [-0.4, -0.2) is 37.0 Å². The Bertz CT molecular complexity index is 514. The Balaban J connectivity index is 0.00000161. The summed E-state index contributed by atoms with van der Waals surface area (Å²) in [5.41, 5.74) is 3.65. The van der Waals surface area contributed by atoms with Crippen molar-refractivity contribution < 1.29 is 4.79 Å². The highest BCUT2D eigenvalue weighted by molar-refractivity contribution is 5.95. The number of likely N-dealkylation sites (tertiary alicyclic amines) is 1. The zero-order valence-corrected chi connectivity index (χ0v) is 13.8. The molecule has 2 fully saturated rings. The Morgan fingerprint density at radius 2 is 1.90 bits per heavy atom. The summed E-state index contributed by atoms with van der Waals surface area (Å²) < 4.78 is 0. The molecule has 2 aliphatic rings. The number of piperidine rings is 1. The second kappa shape index (κ2) is 6.37. The van der Waals surface area contributed by atoms with E-state index in [0.29, 0.717) is 5.41 Å². The van der Waals surface area contributed by atoms with Gasteiger partial charge in [0, 0.05) is 25.2 Å². The van der Waals surface area contributed by atoms with Gasteiger partial charge in [-0.05, 0) is 56.7 Å². The van der Waals surface area contributed by atoms with Gasteiger partial charge < -0.3 is 10.2 Å². The summed E-state index contributed by atoms with van der Waals surface area (Å²) in [7, 11) is 0. The van der Waals surface area contributed by atoms with Crippen molar-refractivity contribution in [3.63, 3.8) is 0 Å². The van der Waals surface area contributed by atoms with Crippen LogP contribution in [0, 0.1) is 19.3 Å². The van der Waals surface area contributed by atoms with Gasteiger partial charge in [0.25, 0.3) is 5.91 Å². The maximum atomic E-state index is 12.6.